The van der Waals surface area contributed by atoms with Gasteiger partial charge in [-0.2, -0.15) is 0 Å². The molecule has 0 saturated carbocycles. The van der Waals surface area contributed by atoms with Crippen LogP contribution in [0, 0.1) is 10.1 Å². The van der Waals surface area contributed by atoms with Gasteiger partial charge in [0.05, 0.1) is 4.92 Å². The summed E-state index contributed by atoms with van der Waals surface area (Å²) in [7, 11) is 0. The van der Waals surface area contributed by atoms with Gasteiger partial charge in [-0.05, 0) is 36.4 Å². The Kier molecular flexibility index (Phi) is 5.22. The van der Waals surface area contributed by atoms with Gasteiger partial charge >= 0.3 is 0 Å². The Balaban J connectivity index is 1.73. The number of nitrogens with zero attached hydrogens (tertiary/aromatic N) is 1. The van der Waals surface area contributed by atoms with Crippen molar-refractivity contribution in [3.63, 3.8) is 0 Å². The molecule has 3 rings (SSSR count). The molecule has 0 atom stereocenters. The van der Waals surface area contributed by atoms with Crippen LogP contribution in [0.3, 0.4) is 0 Å². The van der Waals surface area contributed by atoms with Gasteiger partial charge in [-0.25, -0.2) is 0 Å². The normalized spacial score (nSPS) is 10.1. The van der Waals surface area contributed by atoms with Crippen LogP contribution in [0.25, 0.3) is 0 Å². The minimum atomic E-state index is -0.532. The van der Waals surface area contributed by atoms with Gasteiger partial charge in [-0.3, -0.25) is 19.7 Å². The van der Waals surface area contributed by atoms with E-state index in [0.29, 0.717) is 22.5 Å². The summed E-state index contributed by atoms with van der Waals surface area (Å²) in [6, 6.07) is 20.8. The van der Waals surface area contributed by atoms with Gasteiger partial charge in [0, 0.05) is 34.6 Å². The molecule has 3 aromatic carbocycles. The topological polar surface area (TPSA) is 101 Å². The zero-order chi connectivity index (χ0) is 19.2. The second-order valence-electron chi connectivity index (χ2n) is 5.66. The lowest BCUT2D eigenvalue weighted by atomic mass is 10.1. The fourth-order valence-corrected chi connectivity index (χ4v) is 2.43. The summed E-state index contributed by atoms with van der Waals surface area (Å²) in [4.78, 5) is 34.9. The van der Waals surface area contributed by atoms with E-state index in [-0.39, 0.29) is 11.6 Å². The van der Waals surface area contributed by atoms with Crippen molar-refractivity contribution in [1.82, 2.24) is 0 Å². The Bertz CT molecular complexity index is 1000. The number of anilines is 2. The molecule has 0 aliphatic heterocycles. The van der Waals surface area contributed by atoms with Gasteiger partial charge in [-0.15, -0.1) is 0 Å². The average Bonchev–Trinajstić information content (AvgIpc) is 2.69. The quantitative estimate of drug-likeness (QED) is 0.527. The van der Waals surface area contributed by atoms with E-state index in [1.54, 1.807) is 48.5 Å². The number of nitro benzene ring substituents is 1. The minimum Gasteiger partial charge on any atom is -0.322 e. The molecule has 7 heteroatoms. The van der Waals surface area contributed by atoms with E-state index in [9.17, 15) is 19.7 Å². The van der Waals surface area contributed by atoms with Gasteiger partial charge in [-0.1, -0.05) is 30.3 Å². The number of amides is 2. The van der Waals surface area contributed by atoms with Crippen molar-refractivity contribution in [2.75, 3.05) is 10.6 Å². The zero-order valence-corrected chi connectivity index (χ0v) is 14.1. The van der Waals surface area contributed by atoms with Crippen LogP contribution in [0.5, 0.6) is 0 Å². The van der Waals surface area contributed by atoms with E-state index < -0.39 is 10.8 Å². The number of carbonyl (C=O) groups excluding carboxylic acids is 2. The molecule has 27 heavy (non-hydrogen) atoms. The first-order chi connectivity index (χ1) is 13.0. The van der Waals surface area contributed by atoms with E-state index in [1.807, 2.05) is 6.07 Å². The molecule has 2 amide bonds. The molecule has 0 aliphatic carbocycles. The number of non-ortho nitro benzene ring substituents is 1. The number of hydrogen-bond donors (Lipinski definition) is 2. The maximum absolute atomic E-state index is 12.4. The van der Waals surface area contributed by atoms with Crippen LogP contribution in [0.15, 0.2) is 78.9 Å². The highest BCUT2D eigenvalue weighted by molar-refractivity contribution is 6.07. The number of benzene rings is 3. The van der Waals surface area contributed by atoms with Crippen molar-refractivity contribution in [3.05, 3.63) is 100 Å². The van der Waals surface area contributed by atoms with Crippen LogP contribution in [0.1, 0.15) is 20.7 Å². The molecule has 7 nitrogen and oxygen atoms in total. The number of nitro groups is 1. The Labute approximate surface area is 154 Å². The molecule has 2 N–H and O–H groups in total. The Morgan fingerprint density at radius 1 is 0.704 bits per heavy atom. The lowest BCUT2D eigenvalue weighted by Crippen LogP contribution is -2.14. The lowest BCUT2D eigenvalue weighted by molar-refractivity contribution is -0.384. The maximum Gasteiger partial charge on any atom is 0.271 e. The SMILES string of the molecule is O=C(Nc1cccc(C(=O)Nc2cccc([N+](=O)[O-])c2)c1)c1ccccc1. The van der Waals surface area contributed by atoms with E-state index in [2.05, 4.69) is 10.6 Å². The fourth-order valence-electron chi connectivity index (χ4n) is 2.43. The first-order valence-corrected chi connectivity index (χ1v) is 8.05. The largest absolute Gasteiger partial charge is 0.322 e. The summed E-state index contributed by atoms with van der Waals surface area (Å²) < 4.78 is 0. The summed E-state index contributed by atoms with van der Waals surface area (Å²) in [5.41, 5.74) is 1.48. The third-order valence-corrected chi connectivity index (χ3v) is 3.73. The first-order valence-electron chi connectivity index (χ1n) is 8.05. The van der Waals surface area contributed by atoms with Crippen LogP contribution < -0.4 is 10.6 Å². The van der Waals surface area contributed by atoms with E-state index in [4.69, 9.17) is 0 Å². The van der Waals surface area contributed by atoms with Crippen molar-refractivity contribution < 1.29 is 14.5 Å². The van der Waals surface area contributed by atoms with Gasteiger partial charge in [0.2, 0.25) is 0 Å². The highest BCUT2D eigenvalue weighted by Gasteiger charge is 2.11. The van der Waals surface area contributed by atoms with Crippen LogP contribution in [-0.4, -0.2) is 16.7 Å². The molecule has 0 radical (unpaired) electrons. The van der Waals surface area contributed by atoms with Crippen molar-refractivity contribution in [1.29, 1.82) is 0 Å². The Morgan fingerprint density at radius 3 is 1.93 bits per heavy atom. The van der Waals surface area contributed by atoms with Crippen molar-refractivity contribution in [2.24, 2.45) is 0 Å². The molecule has 134 valence electrons. The molecule has 0 aliphatic rings. The molecule has 0 bridgehead atoms. The average molecular weight is 361 g/mol. The highest BCUT2D eigenvalue weighted by Crippen LogP contribution is 2.19. The third kappa shape index (κ3) is 4.55. The molecule has 3 aromatic rings. The predicted molar refractivity (Wildman–Crippen MR) is 102 cm³/mol. The Hall–Kier alpha value is -4.00. The lowest BCUT2D eigenvalue weighted by Gasteiger charge is -2.08. The molecule has 0 fully saturated rings. The third-order valence-electron chi connectivity index (χ3n) is 3.73. The molecule has 0 heterocycles. The van der Waals surface area contributed by atoms with Crippen LogP contribution in [-0.2, 0) is 0 Å². The van der Waals surface area contributed by atoms with E-state index in [1.165, 1.54) is 24.3 Å². The smallest absolute Gasteiger partial charge is 0.271 e. The highest BCUT2D eigenvalue weighted by atomic mass is 16.6. The van der Waals surface area contributed by atoms with Crippen molar-refractivity contribution >= 4 is 28.9 Å². The monoisotopic (exact) mass is 361 g/mol. The fraction of sp³-hybridized carbons (Fsp3) is 0. The number of rotatable bonds is 5. The van der Waals surface area contributed by atoms with E-state index in [0.717, 1.165) is 0 Å². The summed E-state index contributed by atoms with van der Waals surface area (Å²) >= 11 is 0. The molecule has 0 unspecified atom stereocenters. The maximum atomic E-state index is 12.4. The second kappa shape index (κ2) is 7.92. The molecule has 0 aromatic heterocycles. The molecular formula is C20H15N3O4. The molecule has 0 saturated heterocycles. The standard InChI is InChI=1S/C20H15N3O4/c24-19(14-6-2-1-3-7-14)21-16-9-4-8-15(12-16)20(25)22-17-10-5-11-18(13-17)23(26)27/h1-13H,(H,21,24)(H,22,25). The summed E-state index contributed by atoms with van der Waals surface area (Å²) in [5, 5.41) is 16.2. The summed E-state index contributed by atoms with van der Waals surface area (Å²) in [6.07, 6.45) is 0. The molecular weight excluding hydrogens is 346 g/mol. The van der Waals surface area contributed by atoms with Gasteiger partial charge < -0.3 is 10.6 Å². The van der Waals surface area contributed by atoms with E-state index >= 15 is 0 Å². The van der Waals surface area contributed by atoms with Crippen molar-refractivity contribution in [3.8, 4) is 0 Å². The predicted octanol–water partition coefficient (Wildman–Crippen LogP) is 4.10. The number of nitrogens with one attached hydrogen (secondary N) is 2. The summed E-state index contributed by atoms with van der Waals surface area (Å²) in [6.45, 7) is 0. The van der Waals surface area contributed by atoms with Crippen LogP contribution in [0.4, 0.5) is 17.1 Å². The van der Waals surface area contributed by atoms with Gasteiger partial charge in [0.1, 0.15) is 0 Å². The molecule has 0 spiro atoms. The first kappa shape index (κ1) is 17.8. The minimum absolute atomic E-state index is 0.114. The van der Waals surface area contributed by atoms with Gasteiger partial charge in [0.15, 0.2) is 0 Å². The summed E-state index contributed by atoms with van der Waals surface area (Å²) in [5.74, 6) is -0.724. The van der Waals surface area contributed by atoms with Crippen LogP contribution in [0.2, 0.25) is 0 Å². The Morgan fingerprint density at radius 2 is 1.26 bits per heavy atom. The van der Waals surface area contributed by atoms with Crippen LogP contribution >= 0.6 is 0 Å². The second-order valence-corrected chi connectivity index (χ2v) is 5.66. The number of hydrogen-bond acceptors (Lipinski definition) is 4. The number of carbonyl (C=O) groups is 2. The van der Waals surface area contributed by atoms with Crippen molar-refractivity contribution in [2.45, 2.75) is 0 Å². The zero-order valence-electron chi connectivity index (χ0n) is 14.1. The van der Waals surface area contributed by atoms with Gasteiger partial charge in [0.25, 0.3) is 17.5 Å².